The van der Waals surface area contributed by atoms with E-state index >= 15 is 0 Å². The van der Waals surface area contributed by atoms with E-state index in [4.69, 9.17) is 80.1 Å². The Morgan fingerprint density at radius 1 is 0.364 bits per heavy atom. The molecule has 0 saturated heterocycles. The van der Waals surface area contributed by atoms with Crippen molar-refractivity contribution < 1.29 is 19.4 Å². The van der Waals surface area contributed by atoms with Crippen LogP contribution in [0, 0.1) is 159 Å². The van der Waals surface area contributed by atoms with E-state index in [0.29, 0.717) is 32.4 Å². The summed E-state index contributed by atoms with van der Waals surface area (Å²) in [5.41, 5.74) is 33.1. The average molecular weight is 1760 g/mol. The van der Waals surface area contributed by atoms with Crippen LogP contribution < -0.4 is 26.0 Å². The molecule has 12 rings (SSSR count). The highest BCUT2D eigenvalue weighted by Gasteiger charge is 2.14. The van der Waals surface area contributed by atoms with Crippen molar-refractivity contribution in [1.29, 1.82) is 0 Å². The molecule has 4 N–H and O–H groups in total. The molecule has 0 unspecified atom stereocenters. The molecule has 0 aliphatic heterocycles. The van der Waals surface area contributed by atoms with Crippen LogP contribution in [0.5, 0.6) is 5.75 Å². The number of benzene rings is 12. The third-order valence-electron chi connectivity index (χ3n) is 17.5. The summed E-state index contributed by atoms with van der Waals surface area (Å²) in [7, 11) is 4.13. The number of carbonyl (C=O) groups is 1. The summed E-state index contributed by atoms with van der Waals surface area (Å²) in [5, 5.41) is 31.3. The van der Waals surface area contributed by atoms with Crippen LogP contribution in [-0.2, 0) is 4.79 Å². The first-order valence-electron chi connectivity index (χ1n) is 40.0. The van der Waals surface area contributed by atoms with Gasteiger partial charge in [-0.05, 0) is 287 Å². The lowest BCUT2D eigenvalue weighted by Crippen LogP contribution is -2.09. The van der Waals surface area contributed by atoms with Crippen LogP contribution in [0.25, 0.3) is 0 Å². The van der Waals surface area contributed by atoms with Gasteiger partial charge in [-0.25, -0.2) is 0 Å². The summed E-state index contributed by atoms with van der Waals surface area (Å²) in [6.45, 7) is 46.2. The number of nitrogens with one attached hydrogen (secondary N) is 2. The Morgan fingerprint density at radius 2 is 0.769 bits per heavy atom. The van der Waals surface area contributed by atoms with Gasteiger partial charge in [0.05, 0.1) is 26.5 Å². The number of anilines is 3. The molecule has 12 nitrogen and oxygen atoms in total. The number of nitrogens with zero attached hydrogens (tertiary/aromatic N) is 3. The number of aryl methyl sites for hydroxylation is 18. The number of nitrogens with two attached hydrogens (primary N) is 1. The summed E-state index contributed by atoms with van der Waals surface area (Å²) in [5.74, 6) is 0.307. The molecule has 18 heteroatoms. The fourth-order valence-electron chi connectivity index (χ4n) is 11.0. The molecule has 0 aliphatic rings. The van der Waals surface area contributed by atoms with Crippen molar-refractivity contribution in [3.05, 3.63) is 404 Å². The molecule has 0 radical (unpaired) electrons. The minimum Gasteiger partial charge on any atom is -0.487 e. The molecule has 0 spiro atoms. The average Bonchev–Trinajstić information content (AvgIpc) is 0.867. The van der Waals surface area contributed by atoms with E-state index in [1.807, 2.05) is 133 Å². The fourth-order valence-corrected chi connectivity index (χ4v) is 12.4. The van der Waals surface area contributed by atoms with Gasteiger partial charge in [-0.3, -0.25) is 25.0 Å². The number of unbranched alkanes of at least 4 members (excludes halogenated alkanes) is 2. The largest absolute Gasteiger partial charge is 0.487 e. The van der Waals surface area contributed by atoms with Gasteiger partial charge in [-0.2, -0.15) is 0 Å². The Hall–Kier alpha value is -9.99. The molecule has 121 heavy (non-hydrogen) atoms. The van der Waals surface area contributed by atoms with E-state index in [-0.39, 0.29) is 22.2 Å². The second-order valence-corrected chi connectivity index (χ2v) is 32.3. The highest BCUT2D eigenvalue weighted by Crippen LogP contribution is 2.29. The SMILES string of the molecule is CC(=O)Nc1cc(C)ccc1C.CCOc1ccc(C)cc1[N+](=O)[O-].Cc1c(Cl)cccc1Cl.Cc1cc(C)cc(C)c1.Cc1cc(Cl)cc(Cl)c1.Cc1ccc(C)c(NCCCCCN)c1.Cc1ccc(C)cc1.Cc1ccc(Cl)c(Cl)c1.Cc1ccc(N(C)C)c(C)c1.Cc1cccc(C)c1.Cc1cccc([N+](=O)[O-])c1C.Cc1ccccc1. The van der Waals surface area contributed by atoms with E-state index in [9.17, 15) is 25.0 Å². The molecule has 1 amide bonds. The van der Waals surface area contributed by atoms with E-state index in [0.717, 1.165) is 79.8 Å². The summed E-state index contributed by atoms with van der Waals surface area (Å²) < 4.78 is 5.11. The summed E-state index contributed by atoms with van der Waals surface area (Å²) in [6.07, 6.45) is 3.55. The van der Waals surface area contributed by atoms with Gasteiger partial charge in [0.1, 0.15) is 0 Å². The lowest BCUT2D eigenvalue weighted by Gasteiger charge is -2.15. The van der Waals surface area contributed by atoms with Gasteiger partial charge in [-0.1, -0.05) is 290 Å². The molecule has 0 aromatic heterocycles. The smallest absolute Gasteiger partial charge is 0.311 e. The number of halogens is 6. The van der Waals surface area contributed by atoms with Crippen molar-refractivity contribution in [2.75, 3.05) is 49.3 Å². The fraction of sp³-hybridized carbons (Fsp3) is 0.291. The van der Waals surface area contributed by atoms with Gasteiger partial charge in [0.2, 0.25) is 5.91 Å². The third-order valence-corrected chi connectivity index (χ3v) is 19.5. The number of hydrogen-bond acceptors (Lipinski definition) is 9. The Bertz CT molecular complexity index is 4870. The van der Waals surface area contributed by atoms with Crippen molar-refractivity contribution in [3.63, 3.8) is 0 Å². The molecule has 0 aliphatic carbocycles. The summed E-state index contributed by atoms with van der Waals surface area (Å²) in [6, 6.07) is 79.2. The van der Waals surface area contributed by atoms with Crippen molar-refractivity contribution in [2.24, 2.45) is 5.73 Å². The zero-order valence-electron chi connectivity index (χ0n) is 75.5. The molecule has 0 fully saturated rings. The quantitative estimate of drug-likeness (QED) is 0.0613. The van der Waals surface area contributed by atoms with E-state index in [1.54, 1.807) is 44.2 Å². The van der Waals surface area contributed by atoms with Gasteiger partial charge in [0.15, 0.2) is 5.75 Å². The normalized spacial score (nSPS) is 9.64. The maximum Gasteiger partial charge on any atom is 0.311 e. The van der Waals surface area contributed by atoms with Crippen LogP contribution in [0.15, 0.2) is 243 Å². The standard InChI is InChI=1S/C13H22N2.C10H13NO.C10H15N.C9H11NO3.C9H12.C8H9NO2.2C8H10.3C7H6Cl2.C7H8/c1-11-6-7-12(2)13(10-11)15-9-5-3-4-8-14;1-7-4-5-8(2)10(6-7)11-9(3)12;1-8-5-6-10(11(3)4)9(2)7-8;1-3-13-9-5-4-7(2)6-8(9)10(11)12;1-7-4-8(2)6-9(3)5-7;1-6-4-3-5-8(7(6)2)9(10)11;1-7-3-5-8(2)6-4-7;1-7-4-3-5-8(2)6-7;1-5-2-6(8)4-7(9)3-5;1-5-2-3-6(8)7(9)4-5;1-5-6(8)3-2-4-7(5)9;1-7-5-3-2-4-6-7/h6-7,10,15H,3-5,8-9,14H2,1-2H3;4-6H,1-3H3,(H,11,12);5-7H,1-4H3;4-6H,3H2,1-2H3;4-6H,1-3H3;3-5H,1-2H3;2*3-6H,1-2H3;3*2-4H,1H3;2-6H,1H3. The number of rotatable bonds is 12. The minimum absolute atomic E-state index is 0.0244. The van der Waals surface area contributed by atoms with Crippen LogP contribution >= 0.6 is 69.6 Å². The molecule has 0 bridgehead atoms. The maximum absolute atomic E-state index is 10.8. The molecule has 0 saturated carbocycles. The van der Waals surface area contributed by atoms with Gasteiger partial charge in [0.25, 0.3) is 5.69 Å². The second kappa shape index (κ2) is 60.5. The molecule has 12 aromatic rings. The molecule has 12 aromatic carbocycles. The number of carbonyl (C=O) groups excluding carboxylic acids is 1. The molecule has 0 atom stereocenters. The predicted octanol–water partition coefficient (Wildman–Crippen LogP) is 31.1. The van der Waals surface area contributed by atoms with Crippen molar-refractivity contribution in [2.45, 2.75) is 172 Å². The zero-order chi connectivity index (χ0) is 91.4. The van der Waals surface area contributed by atoms with Crippen molar-refractivity contribution in [3.8, 4) is 5.75 Å². The number of hydrogen-bond donors (Lipinski definition) is 3. The Morgan fingerprint density at radius 3 is 1.18 bits per heavy atom. The van der Waals surface area contributed by atoms with E-state index in [2.05, 4.69) is 228 Å². The molecular formula is C103H128Cl6N6O6. The zero-order valence-corrected chi connectivity index (χ0v) is 80.0. The Kier molecular flexibility index (Phi) is 54.5. The van der Waals surface area contributed by atoms with Crippen LogP contribution in [-0.4, -0.2) is 49.5 Å². The highest BCUT2D eigenvalue weighted by atomic mass is 35.5. The summed E-state index contributed by atoms with van der Waals surface area (Å²) in [4.78, 5) is 33.1. The predicted molar refractivity (Wildman–Crippen MR) is 527 cm³/mol. The van der Waals surface area contributed by atoms with Gasteiger partial charge < -0.3 is 26.0 Å². The number of ether oxygens (including phenoxy) is 1. The van der Waals surface area contributed by atoms with Crippen LogP contribution in [0.2, 0.25) is 30.1 Å². The van der Waals surface area contributed by atoms with Gasteiger partial charge in [-0.15, -0.1) is 0 Å². The highest BCUT2D eigenvalue weighted by molar-refractivity contribution is 6.42. The van der Waals surface area contributed by atoms with Gasteiger partial charge >= 0.3 is 5.69 Å². The first-order valence-corrected chi connectivity index (χ1v) is 42.3. The topological polar surface area (TPSA) is 166 Å². The number of nitro benzene ring substituents is 2. The molecule has 648 valence electrons. The molecular weight excluding hydrogens is 1630 g/mol. The number of nitro groups is 2. The van der Waals surface area contributed by atoms with E-state index < -0.39 is 4.92 Å². The van der Waals surface area contributed by atoms with E-state index in [1.165, 1.54) is 110 Å². The van der Waals surface area contributed by atoms with Crippen LogP contribution in [0.3, 0.4) is 0 Å². The second-order valence-electron chi connectivity index (χ2n) is 29.8. The summed E-state index contributed by atoms with van der Waals surface area (Å²) >= 11 is 34.1. The Balaban J connectivity index is 0.000000663. The van der Waals surface area contributed by atoms with Gasteiger partial charge in [0, 0.05) is 82.4 Å². The molecule has 0 heterocycles. The van der Waals surface area contributed by atoms with Crippen LogP contribution in [0.4, 0.5) is 28.4 Å². The van der Waals surface area contributed by atoms with Crippen LogP contribution in [0.1, 0.15) is 144 Å². The first kappa shape index (κ1) is 109. The number of amides is 1. The lowest BCUT2D eigenvalue weighted by atomic mass is 10.1. The first-order chi connectivity index (χ1) is 57.0. The maximum atomic E-state index is 10.8. The minimum atomic E-state index is -0.433. The van der Waals surface area contributed by atoms with Crippen molar-refractivity contribution in [1.82, 2.24) is 0 Å². The van der Waals surface area contributed by atoms with Crippen molar-refractivity contribution >= 4 is 104 Å². The lowest BCUT2D eigenvalue weighted by molar-refractivity contribution is -0.385. The monoisotopic (exact) mass is 1750 g/mol. The third kappa shape index (κ3) is 49.5. The Labute approximate surface area is 754 Å².